The molecule has 1 heterocycles. The lowest BCUT2D eigenvalue weighted by molar-refractivity contribution is -0.145. The van der Waals surface area contributed by atoms with E-state index in [2.05, 4.69) is 28.4 Å². The Morgan fingerprint density at radius 1 is 1.03 bits per heavy atom. The van der Waals surface area contributed by atoms with Gasteiger partial charge in [-0.05, 0) is 72.6 Å². The number of hydrazone groups is 1. The molecule has 1 fully saturated rings. The van der Waals surface area contributed by atoms with Crippen LogP contribution in [-0.4, -0.2) is 54.3 Å². The molecule has 1 atom stereocenters. The molecule has 1 N–H and O–H groups in total. The number of carbonyl (C=O) groups is 2. The predicted octanol–water partition coefficient (Wildman–Crippen LogP) is 6.72. The summed E-state index contributed by atoms with van der Waals surface area (Å²) in [5, 5.41) is 9.68. The number of ether oxygens (including phenoxy) is 1. The van der Waals surface area contributed by atoms with Crippen LogP contribution in [-0.2, 0) is 22.4 Å². The Balaban J connectivity index is 1.23. The number of benzene rings is 2. The maximum absolute atomic E-state index is 13.0. The van der Waals surface area contributed by atoms with Crippen molar-refractivity contribution >= 4 is 35.5 Å². The van der Waals surface area contributed by atoms with Gasteiger partial charge >= 0.3 is 5.97 Å². The molecule has 0 bridgehead atoms. The van der Waals surface area contributed by atoms with Crippen LogP contribution in [0.3, 0.4) is 0 Å². The molecule has 0 spiro atoms. The van der Waals surface area contributed by atoms with Crippen molar-refractivity contribution < 1.29 is 14.3 Å². The third-order valence-electron chi connectivity index (χ3n) is 7.54. The van der Waals surface area contributed by atoms with Crippen molar-refractivity contribution in [3.05, 3.63) is 64.7 Å². The minimum Gasteiger partial charge on any atom is -0.466 e. The Kier molecular flexibility index (Phi) is 11.8. The number of esters is 1. The van der Waals surface area contributed by atoms with E-state index < -0.39 is 0 Å². The van der Waals surface area contributed by atoms with E-state index in [1.165, 1.54) is 36.8 Å². The standard InChI is InChI=1S/C32H43N3O3S/c1-2-3-4-5-6-7-18-38-31(36)22-26-8-11-27-12-13-28(23-29(27)21-26)32(37)34-30-14-9-25(10-15-30)24-33-35-16-19-39-20-17-35/h9-10,12-15,23-24,26H,2-8,11,16-22H2,1H3,(H,34,37)/b33-24+. The highest BCUT2D eigenvalue weighted by atomic mass is 32.2. The Bertz CT molecular complexity index is 1100. The van der Waals surface area contributed by atoms with Crippen molar-refractivity contribution in [2.24, 2.45) is 11.0 Å². The largest absolute Gasteiger partial charge is 0.466 e. The van der Waals surface area contributed by atoms with Gasteiger partial charge < -0.3 is 10.1 Å². The molecule has 2 aromatic rings. The van der Waals surface area contributed by atoms with Crippen molar-refractivity contribution in [3.63, 3.8) is 0 Å². The normalized spacial score (nSPS) is 17.2. The third-order valence-corrected chi connectivity index (χ3v) is 8.48. The van der Waals surface area contributed by atoms with Crippen LogP contribution in [0.5, 0.6) is 0 Å². The van der Waals surface area contributed by atoms with E-state index in [4.69, 9.17) is 4.74 Å². The Hall–Kier alpha value is -2.80. The first-order valence-corrected chi connectivity index (χ1v) is 15.8. The van der Waals surface area contributed by atoms with Gasteiger partial charge in [0.05, 0.1) is 12.8 Å². The van der Waals surface area contributed by atoms with E-state index in [1.54, 1.807) is 0 Å². The van der Waals surface area contributed by atoms with Gasteiger partial charge in [0, 0.05) is 42.3 Å². The number of carbonyl (C=O) groups excluding carboxylic acids is 2. The molecule has 0 radical (unpaired) electrons. The molecule has 0 saturated carbocycles. The summed E-state index contributed by atoms with van der Waals surface area (Å²) in [6.07, 6.45) is 12.2. The number of hydrogen-bond acceptors (Lipinski definition) is 6. The average Bonchev–Trinajstić information content (AvgIpc) is 2.96. The van der Waals surface area contributed by atoms with Gasteiger partial charge in [-0.1, -0.05) is 57.2 Å². The molecular weight excluding hydrogens is 506 g/mol. The van der Waals surface area contributed by atoms with E-state index in [0.717, 1.165) is 68.0 Å². The molecule has 7 heteroatoms. The van der Waals surface area contributed by atoms with E-state index in [9.17, 15) is 9.59 Å². The monoisotopic (exact) mass is 549 g/mol. The maximum atomic E-state index is 13.0. The lowest BCUT2D eigenvalue weighted by Gasteiger charge is -2.24. The Morgan fingerprint density at radius 2 is 1.79 bits per heavy atom. The predicted molar refractivity (Wildman–Crippen MR) is 162 cm³/mol. The fraction of sp³-hybridized carbons (Fsp3) is 0.531. The summed E-state index contributed by atoms with van der Waals surface area (Å²) < 4.78 is 5.51. The van der Waals surface area contributed by atoms with Crippen LogP contribution in [0.4, 0.5) is 5.69 Å². The van der Waals surface area contributed by atoms with Crippen molar-refractivity contribution in [2.45, 2.75) is 71.1 Å². The second kappa shape index (κ2) is 15.7. The molecule has 4 rings (SSSR count). The number of nitrogens with zero attached hydrogens (tertiary/aromatic N) is 2. The zero-order valence-electron chi connectivity index (χ0n) is 23.3. The zero-order chi connectivity index (χ0) is 27.3. The quantitative estimate of drug-likeness (QED) is 0.171. The first-order valence-electron chi connectivity index (χ1n) is 14.7. The van der Waals surface area contributed by atoms with Gasteiger partial charge in [-0.2, -0.15) is 16.9 Å². The number of rotatable bonds is 13. The smallest absolute Gasteiger partial charge is 0.306 e. The molecule has 6 nitrogen and oxygen atoms in total. The molecule has 1 amide bonds. The molecule has 39 heavy (non-hydrogen) atoms. The number of aryl methyl sites for hydroxylation is 1. The number of thioether (sulfide) groups is 1. The number of hydrogen-bond donors (Lipinski definition) is 1. The second-order valence-electron chi connectivity index (χ2n) is 10.7. The molecular formula is C32H43N3O3S. The van der Waals surface area contributed by atoms with Crippen molar-refractivity contribution in [1.82, 2.24) is 5.01 Å². The molecule has 1 aliphatic carbocycles. The molecule has 0 aromatic heterocycles. The minimum atomic E-state index is -0.120. The summed E-state index contributed by atoms with van der Waals surface area (Å²) >= 11 is 1.97. The van der Waals surface area contributed by atoms with Crippen LogP contribution >= 0.6 is 11.8 Å². The third kappa shape index (κ3) is 9.71. The summed E-state index contributed by atoms with van der Waals surface area (Å²) in [4.78, 5) is 25.4. The van der Waals surface area contributed by atoms with Crippen LogP contribution in [0.15, 0.2) is 47.6 Å². The lowest BCUT2D eigenvalue weighted by atomic mass is 9.81. The van der Waals surface area contributed by atoms with Crippen LogP contribution in [0, 0.1) is 5.92 Å². The highest BCUT2D eigenvalue weighted by Crippen LogP contribution is 2.29. The average molecular weight is 550 g/mol. The number of unbranched alkanes of at least 4 members (excludes halogenated alkanes) is 5. The van der Waals surface area contributed by atoms with E-state index >= 15 is 0 Å². The molecule has 210 valence electrons. The summed E-state index contributed by atoms with van der Waals surface area (Å²) in [5.41, 5.74) is 4.87. The van der Waals surface area contributed by atoms with Gasteiger partial charge in [0.2, 0.25) is 0 Å². The number of fused-ring (bicyclic) bond motifs is 1. The van der Waals surface area contributed by atoms with Crippen LogP contribution in [0.1, 0.15) is 85.3 Å². The van der Waals surface area contributed by atoms with E-state index in [0.29, 0.717) is 18.6 Å². The van der Waals surface area contributed by atoms with Gasteiger partial charge in [0.15, 0.2) is 0 Å². The summed E-state index contributed by atoms with van der Waals surface area (Å²) in [7, 11) is 0. The summed E-state index contributed by atoms with van der Waals surface area (Å²) in [5.74, 6) is 2.31. The van der Waals surface area contributed by atoms with Crippen molar-refractivity contribution in [2.75, 3.05) is 36.5 Å². The zero-order valence-corrected chi connectivity index (χ0v) is 24.1. The van der Waals surface area contributed by atoms with Gasteiger partial charge in [-0.25, -0.2) is 0 Å². The van der Waals surface area contributed by atoms with Crippen LogP contribution in [0.25, 0.3) is 0 Å². The summed E-state index contributed by atoms with van der Waals surface area (Å²) in [6.45, 7) is 4.72. The van der Waals surface area contributed by atoms with Gasteiger partial charge in [0.1, 0.15) is 0 Å². The van der Waals surface area contributed by atoms with E-state index in [1.807, 2.05) is 54.4 Å². The molecule has 1 saturated heterocycles. The number of amides is 1. The first-order chi connectivity index (χ1) is 19.1. The fourth-order valence-electron chi connectivity index (χ4n) is 5.18. The first kappa shape index (κ1) is 29.2. The fourth-order valence-corrected chi connectivity index (χ4v) is 6.07. The topological polar surface area (TPSA) is 71.0 Å². The Morgan fingerprint density at radius 3 is 2.59 bits per heavy atom. The molecule has 2 aliphatic rings. The van der Waals surface area contributed by atoms with Crippen LogP contribution < -0.4 is 5.32 Å². The molecule has 2 aromatic carbocycles. The van der Waals surface area contributed by atoms with Crippen LogP contribution in [0.2, 0.25) is 0 Å². The van der Waals surface area contributed by atoms with Gasteiger partial charge in [0.25, 0.3) is 5.91 Å². The summed E-state index contributed by atoms with van der Waals surface area (Å²) in [6, 6.07) is 13.7. The minimum absolute atomic E-state index is 0.0886. The Labute approximate surface area is 238 Å². The number of anilines is 1. The lowest BCUT2D eigenvalue weighted by Crippen LogP contribution is -2.27. The molecule has 1 unspecified atom stereocenters. The molecule has 1 aliphatic heterocycles. The highest BCUT2D eigenvalue weighted by molar-refractivity contribution is 7.99. The van der Waals surface area contributed by atoms with Crippen molar-refractivity contribution in [1.29, 1.82) is 0 Å². The SMILES string of the molecule is CCCCCCCCOC(=O)CC1CCc2ccc(C(=O)Nc3ccc(/C=N/N4CCSCC4)cc3)cc2C1. The van der Waals surface area contributed by atoms with Gasteiger partial charge in [-0.3, -0.25) is 14.6 Å². The maximum Gasteiger partial charge on any atom is 0.306 e. The number of nitrogens with one attached hydrogen (secondary N) is 1. The van der Waals surface area contributed by atoms with E-state index in [-0.39, 0.29) is 17.8 Å². The second-order valence-corrected chi connectivity index (χ2v) is 11.9. The van der Waals surface area contributed by atoms with Gasteiger partial charge in [-0.15, -0.1) is 0 Å². The highest BCUT2D eigenvalue weighted by Gasteiger charge is 2.23. The van der Waals surface area contributed by atoms with Crippen molar-refractivity contribution in [3.8, 4) is 0 Å².